The third-order valence-electron chi connectivity index (χ3n) is 4.56. The number of hydrogen-bond donors (Lipinski definition) is 1. The van der Waals surface area contributed by atoms with Gasteiger partial charge in [-0.25, -0.2) is 9.18 Å². The number of esters is 1. The van der Waals surface area contributed by atoms with Gasteiger partial charge in [0.15, 0.2) is 6.61 Å². The van der Waals surface area contributed by atoms with Crippen LogP contribution in [0, 0.1) is 5.82 Å². The molecule has 7 heteroatoms. The molecule has 1 fully saturated rings. The zero-order chi connectivity index (χ0) is 20.5. The number of amides is 1. The predicted molar refractivity (Wildman–Crippen MR) is 110 cm³/mol. The number of carbonyl (C=O) groups is 2. The van der Waals surface area contributed by atoms with Crippen LogP contribution in [-0.2, 0) is 20.7 Å². The van der Waals surface area contributed by atoms with Crippen LogP contribution in [0.5, 0.6) is 0 Å². The van der Waals surface area contributed by atoms with E-state index in [0.717, 1.165) is 30.1 Å². The Kier molecular flexibility index (Phi) is 8.07. The molecule has 154 valence electrons. The van der Waals surface area contributed by atoms with Crippen LogP contribution in [0.15, 0.2) is 53.4 Å². The van der Waals surface area contributed by atoms with E-state index >= 15 is 0 Å². The first kappa shape index (κ1) is 21.3. The van der Waals surface area contributed by atoms with Gasteiger partial charge in [-0.15, -0.1) is 11.8 Å². The highest BCUT2D eigenvalue weighted by atomic mass is 32.2. The molecule has 0 aromatic heterocycles. The Morgan fingerprint density at radius 2 is 1.97 bits per heavy atom. The highest BCUT2D eigenvalue weighted by Gasteiger charge is 2.19. The van der Waals surface area contributed by atoms with E-state index < -0.39 is 11.9 Å². The van der Waals surface area contributed by atoms with Gasteiger partial charge in [-0.3, -0.25) is 4.79 Å². The van der Waals surface area contributed by atoms with E-state index in [9.17, 15) is 14.0 Å². The van der Waals surface area contributed by atoms with Gasteiger partial charge in [0, 0.05) is 23.8 Å². The molecule has 2 aromatic carbocycles. The van der Waals surface area contributed by atoms with Gasteiger partial charge >= 0.3 is 5.97 Å². The minimum atomic E-state index is -0.537. The van der Waals surface area contributed by atoms with Crippen LogP contribution in [-0.4, -0.2) is 43.5 Å². The van der Waals surface area contributed by atoms with Gasteiger partial charge in [0.25, 0.3) is 5.91 Å². The summed E-state index contributed by atoms with van der Waals surface area (Å²) in [4.78, 5) is 25.2. The van der Waals surface area contributed by atoms with Crippen LogP contribution in [0.2, 0.25) is 0 Å². The van der Waals surface area contributed by atoms with Gasteiger partial charge in [0.1, 0.15) is 5.82 Å². The Hall–Kier alpha value is -2.38. The van der Waals surface area contributed by atoms with E-state index in [2.05, 4.69) is 5.32 Å². The maximum Gasteiger partial charge on any atom is 0.339 e. The van der Waals surface area contributed by atoms with E-state index in [0.29, 0.717) is 17.5 Å². The van der Waals surface area contributed by atoms with Gasteiger partial charge in [0.2, 0.25) is 0 Å². The molecule has 1 atom stereocenters. The topological polar surface area (TPSA) is 64.6 Å². The summed E-state index contributed by atoms with van der Waals surface area (Å²) in [5.41, 5.74) is 0.969. The van der Waals surface area contributed by atoms with Gasteiger partial charge < -0.3 is 14.8 Å². The Bertz CT molecular complexity index is 839. The molecule has 2 aromatic rings. The van der Waals surface area contributed by atoms with E-state index in [-0.39, 0.29) is 25.1 Å². The van der Waals surface area contributed by atoms with Crippen LogP contribution >= 0.6 is 11.8 Å². The molecule has 0 radical (unpaired) electrons. The highest BCUT2D eigenvalue weighted by Crippen LogP contribution is 2.27. The fraction of sp³-hybridized carbons (Fsp3) is 0.364. The summed E-state index contributed by atoms with van der Waals surface area (Å²) < 4.78 is 24.3. The van der Waals surface area contributed by atoms with E-state index in [1.165, 1.54) is 6.07 Å². The number of rotatable bonds is 9. The van der Waals surface area contributed by atoms with Gasteiger partial charge in [-0.2, -0.15) is 0 Å². The number of benzene rings is 2. The van der Waals surface area contributed by atoms with Crippen molar-refractivity contribution in [1.82, 2.24) is 5.32 Å². The van der Waals surface area contributed by atoms with Crippen molar-refractivity contribution < 1.29 is 23.5 Å². The van der Waals surface area contributed by atoms with Crippen molar-refractivity contribution in [1.29, 1.82) is 0 Å². The number of nitrogens with one attached hydrogen (secondary N) is 1. The summed E-state index contributed by atoms with van der Waals surface area (Å²) >= 11 is 1.56. The molecule has 0 saturated carbocycles. The SMILES string of the molecule is O=C(COC(=O)c1ccccc1SC[C@@H]1CCCO1)NCCc1ccccc1F. The number of thioether (sulfide) groups is 1. The Balaban J connectivity index is 1.43. The molecular weight excluding hydrogens is 393 g/mol. The predicted octanol–water partition coefficient (Wildman–Crippen LogP) is 3.61. The molecule has 1 aliphatic rings. The molecular formula is C22H24FNO4S. The van der Waals surface area contributed by atoms with Crippen LogP contribution in [0.1, 0.15) is 28.8 Å². The molecule has 1 heterocycles. The molecule has 3 rings (SSSR count). The van der Waals surface area contributed by atoms with Crippen LogP contribution < -0.4 is 5.32 Å². The normalized spacial score (nSPS) is 15.8. The largest absolute Gasteiger partial charge is 0.452 e. The summed E-state index contributed by atoms with van der Waals surface area (Å²) in [6, 6.07) is 13.6. The highest BCUT2D eigenvalue weighted by molar-refractivity contribution is 7.99. The molecule has 29 heavy (non-hydrogen) atoms. The maximum absolute atomic E-state index is 13.6. The van der Waals surface area contributed by atoms with Crippen molar-refractivity contribution >= 4 is 23.6 Å². The third kappa shape index (κ3) is 6.58. The molecule has 1 amide bonds. The lowest BCUT2D eigenvalue weighted by Crippen LogP contribution is -2.30. The minimum absolute atomic E-state index is 0.212. The van der Waals surface area contributed by atoms with E-state index in [4.69, 9.17) is 9.47 Å². The lowest BCUT2D eigenvalue weighted by Gasteiger charge is -2.12. The summed E-state index contributed by atoms with van der Waals surface area (Å²) in [5, 5.41) is 2.64. The monoisotopic (exact) mass is 417 g/mol. The quantitative estimate of drug-likeness (QED) is 0.499. The van der Waals surface area contributed by atoms with Crippen molar-refractivity contribution in [3.8, 4) is 0 Å². The minimum Gasteiger partial charge on any atom is -0.452 e. The summed E-state index contributed by atoms with van der Waals surface area (Å²) in [6.45, 7) is 0.687. The first-order chi connectivity index (χ1) is 14.1. The standard InChI is InChI=1S/C22H24FNO4S/c23-19-9-3-1-6-16(19)11-12-24-21(25)14-28-22(26)18-8-2-4-10-20(18)29-15-17-7-5-13-27-17/h1-4,6,8-10,17H,5,7,11-15H2,(H,24,25)/t17-/m0/s1. The summed E-state index contributed by atoms with van der Waals surface area (Å²) in [7, 11) is 0. The molecule has 5 nitrogen and oxygen atoms in total. The van der Waals surface area contributed by atoms with Gasteiger partial charge in [-0.05, 0) is 43.0 Å². The molecule has 0 unspecified atom stereocenters. The molecule has 0 aliphatic carbocycles. The maximum atomic E-state index is 13.6. The molecule has 0 bridgehead atoms. The molecule has 1 aliphatic heterocycles. The number of carbonyl (C=O) groups excluding carboxylic acids is 2. The number of halogens is 1. The second kappa shape index (κ2) is 11.0. The fourth-order valence-corrected chi connectivity index (χ4v) is 4.13. The summed E-state index contributed by atoms with van der Waals surface area (Å²) in [5.74, 6) is -0.477. The summed E-state index contributed by atoms with van der Waals surface area (Å²) in [6.07, 6.45) is 2.69. The van der Waals surface area contributed by atoms with Crippen molar-refractivity contribution in [2.24, 2.45) is 0 Å². The van der Waals surface area contributed by atoms with Crippen molar-refractivity contribution in [3.05, 3.63) is 65.5 Å². The lowest BCUT2D eigenvalue weighted by molar-refractivity contribution is -0.124. The van der Waals surface area contributed by atoms with Crippen molar-refractivity contribution in [3.63, 3.8) is 0 Å². The fourth-order valence-electron chi connectivity index (χ4n) is 3.02. The van der Waals surface area contributed by atoms with Gasteiger partial charge in [-0.1, -0.05) is 30.3 Å². The smallest absolute Gasteiger partial charge is 0.339 e. The van der Waals surface area contributed by atoms with Crippen LogP contribution in [0.4, 0.5) is 4.39 Å². The Morgan fingerprint density at radius 1 is 1.17 bits per heavy atom. The van der Waals surface area contributed by atoms with Gasteiger partial charge in [0.05, 0.1) is 11.7 Å². The zero-order valence-electron chi connectivity index (χ0n) is 16.1. The average molecular weight is 418 g/mol. The first-order valence-corrected chi connectivity index (χ1v) is 10.6. The number of hydrogen-bond acceptors (Lipinski definition) is 5. The average Bonchev–Trinajstić information content (AvgIpc) is 3.26. The van der Waals surface area contributed by atoms with Crippen LogP contribution in [0.3, 0.4) is 0 Å². The second-order valence-corrected chi connectivity index (χ2v) is 7.77. The first-order valence-electron chi connectivity index (χ1n) is 9.64. The van der Waals surface area contributed by atoms with E-state index in [1.54, 1.807) is 42.1 Å². The lowest BCUT2D eigenvalue weighted by atomic mass is 10.1. The van der Waals surface area contributed by atoms with Crippen molar-refractivity contribution in [2.45, 2.75) is 30.3 Å². The molecule has 0 spiro atoms. The Labute approximate surface area is 174 Å². The third-order valence-corrected chi connectivity index (χ3v) is 5.77. The van der Waals surface area contributed by atoms with Crippen LogP contribution in [0.25, 0.3) is 0 Å². The second-order valence-electron chi connectivity index (χ2n) is 6.71. The zero-order valence-corrected chi connectivity index (χ0v) is 16.9. The van der Waals surface area contributed by atoms with E-state index in [1.807, 2.05) is 12.1 Å². The number of ether oxygens (including phenoxy) is 2. The molecule has 1 saturated heterocycles. The Morgan fingerprint density at radius 3 is 2.76 bits per heavy atom. The van der Waals surface area contributed by atoms with Crippen molar-refractivity contribution in [2.75, 3.05) is 25.5 Å². The molecule has 1 N–H and O–H groups in total.